The van der Waals surface area contributed by atoms with Gasteiger partial charge in [-0.15, -0.1) is 0 Å². The van der Waals surface area contributed by atoms with Crippen LogP contribution in [0.25, 0.3) is 16.6 Å². The fourth-order valence-electron chi connectivity index (χ4n) is 2.86. The molecule has 5 nitrogen and oxygen atoms in total. The lowest BCUT2D eigenvalue weighted by Crippen LogP contribution is -2.15. The highest BCUT2D eigenvalue weighted by Crippen LogP contribution is 2.24. The van der Waals surface area contributed by atoms with Gasteiger partial charge < -0.3 is 10.3 Å². The minimum absolute atomic E-state index is 0.202. The number of nitrogens with one attached hydrogen (secondary N) is 2. The highest BCUT2D eigenvalue weighted by molar-refractivity contribution is 5.83. The maximum atomic E-state index is 12.5. The first-order valence-corrected chi connectivity index (χ1v) is 7.88. The molecule has 0 amide bonds. The molecule has 4 rings (SSSR count). The van der Waals surface area contributed by atoms with E-state index < -0.39 is 0 Å². The first kappa shape index (κ1) is 15.0. The van der Waals surface area contributed by atoms with Crippen LogP contribution in [0, 0.1) is 0 Å². The number of fused-ring (bicyclic) bond motifs is 1. The molecule has 5 heteroatoms. The second-order valence-corrected chi connectivity index (χ2v) is 5.65. The summed E-state index contributed by atoms with van der Waals surface area (Å²) in [5.41, 5.74) is 1.89. The first-order chi connectivity index (χ1) is 12.2. The van der Waals surface area contributed by atoms with Gasteiger partial charge in [0, 0.05) is 29.7 Å². The standard InChI is InChI=1S/C20H15N3O2/c24-18-12-19(22-14-7-3-1-4-8-14)23(15-9-5-2-6-10-15)17-13-21-20(25)11-16(17)18/h1-13,22H,(H,21,25). The van der Waals surface area contributed by atoms with Gasteiger partial charge in [-0.2, -0.15) is 0 Å². The summed E-state index contributed by atoms with van der Waals surface area (Å²) >= 11 is 0. The number of benzene rings is 2. The van der Waals surface area contributed by atoms with E-state index in [1.165, 1.54) is 12.1 Å². The number of pyridine rings is 2. The number of para-hydroxylation sites is 2. The molecule has 0 atom stereocenters. The summed E-state index contributed by atoms with van der Waals surface area (Å²) in [4.78, 5) is 26.8. The molecule has 0 bridgehead atoms. The van der Waals surface area contributed by atoms with Gasteiger partial charge in [-0.25, -0.2) is 0 Å². The Hall–Kier alpha value is -3.60. The van der Waals surface area contributed by atoms with Crippen LogP contribution in [0.1, 0.15) is 0 Å². The van der Waals surface area contributed by atoms with E-state index in [2.05, 4.69) is 10.3 Å². The molecule has 0 spiro atoms. The number of aromatic nitrogens is 2. The van der Waals surface area contributed by atoms with Crippen molar-refractivity contribution in [3.63, 3.8) is 0 Å². The molecule has 2 N–H and O–H groups in total. The summed E-state index contributed by atoms with van der Waals surface area (Å²) in [6, 6.07) is 22.2. The molecular formula is C20H15N3O2. The zero-order chi connectivity index (χ0) is 17.2. The zero-order valence-corrected chi connectivity index (χ0v) is 13.3. The van der Waals surface area contributed by atoms with Gasteiger partial charge in [0.2, 0.25) is 5.56 Å². The van der Waals surface area contributed by atoms with Crippen molar-refractivity contribution in [2.45, 2.75) is 0 Å². The molecule has 0 aliphatic heterocycles. The van der Waals surface area contributed by atoms with E-state index in [4.69, 9.17) is 0 Å². The zero-order valence-electron chi connectivity index (χ0n) is 13.3. The summed E-state index contributed by atoms with van der Waals surface area (Å²) < 4.78 is 1.92. The molecule has 0 saturated heterocycles. The molecule has 25 heavy (non-hydrogen) atoms. The molecule has 2 aromatic heterocycles. The summed E-state index contributed by atoms with van der Waals surface area (Å²) in [5.74, 6) is 0.627. The number of H-pyrrole nitrogens is 1. The van der Waals surface area contributed by atoms with Crippen molar-refractivity contribution in [1.82, 2.24) is 9.55 Å². The minimum atomic E-state index is -0.298. The van der Waals surface area contributed by atoms with Gasteiger partial charge in [0.15, 0.2) is 5.43 Å². The Labute approximate surface area is 143 Å². The highest BCUT2D eigenvalue weighted by Gasteiger charge is 2.11. The number of aromatic amines is 1. The smallest absolute Gasteiger partial charge is 0.248 e. The van der Waals surface area contributed by atoms with Crippen LogP contribution < -0.4 is 16.3 Å². The quantitative estimate of drug-likeness (QED) is 0.605. The van der Waals surface area contributed by atoms with Crippen LogP contribution in [0.3, 0.4) is 0 Å². The van der Waals surface area contributed by atoms with Crippen molar-refractivity contribution in [3.05, 3.63) is 99.6 Å². The number of hydrogen-bond donors (Lipinski definition) is 2. The predicted octanol–water partition coefficient (Wildman–Crippen LogP) is 3.42. The lowest BCUT2D eigenvalue weighted by atomic mass is 10.2. The third-order valence-corrected chi connectivity index (χ3v) is 3.98. The number of rotatable bonds is 3. The third kappa shape index (κ3) is 2.83. The van der Waals surface area contributed by atoms with E-state index in [1.807, 2.05) is 65.2 Å². The average Bonchev–Trinajstić information content (AvgIpc) is 2.64. The molecule has 4 aromatic rings. The van der Waals surface area contributed by atoms with Gasteiger partial charge in [0.25, 0.3) is 0 Å². The molecule has 122 valence electrons. The lowest BCUT2D eigenvalue weighted by molar-refractivity contribution is 1.09. The van der Waals surface area contributed by atoms with Gasteiger partial charge in [-0.1, -0.05) is 36.4 Å². The van der Waals surface area contributed by atoms with Crippen LogP contribution >= 0.6 is 0 Å². The van der Waals surface area contributed by atoms with Crippen LogP contribution in [0.2, 0.25) is 0 Å². The first-order valence-electron chi connectivity index (χ1n) is 7.88. The van der Waals surface area contributed by atoms with Crippen LogP contribution in [0.15, 0.2) is 88.6 Å². The molecule has 0 fully saturated rings. The fourth-order valence-corrected chi connectivity index (χ4v) is 2.86. The second-order valence-electron chi connectivity index (χ2n) is 5.65. The van der Waals surface area contributed by atoms with Gasteiger partial charge in [-0.05, 0) is 24.3 Å². The van der Waals surface area contributed by atoms with E-state index in [0.29, 0.717) is 16.7 Å². The van der Waals surface area contributed by atoms with E-state index in [-0.39, 0.29) is 11.0 Å². The Bertz CT molecular complexity index is 1150. The largest absolute Gasteiger partial charge is 0.341 e. The van der Waals surface area contributed by atoms with E-state index in [1.54, 1.807) is 6.20 Å². The van der Waals surface area contributed by atoms with Crippen molar-refractivity contribution in [1.29, 1.82) is 0 Å². The number of anilines is 2. The van der Waals surface area contributed by atoms with Crippen LogP contribution in [-0.2, 0) is 0 Å². The molecule has 0 aliphatic rings. The SMILES string of the molecule is O=c1cc2c(=O)cc(Nc3ccccc3)n(-c3ccccc3)c2c[nH]1. The van der Waals surface area contributed by atoms with Crippen molar-refractivity contribution in [2.75, 3.05) is 5.32 Å². The van der Waals surface area contributed by atoms with Crippen LogP contribution in [0.4, 0.5) is 11.5 Å². The van der Waals surface area contributed by atoms with Crippen molar-refractivity contribution < 1.29 is 0 Å². The summed E-state index contributed by atoms with van der Waals surface area (Å²) in [5, 5.41) is 3.67. The number of hydrogen-bond acceptors (Lipinski definition) is 3. The molecule has 0 radical (unpaired) electrons. The minimum Gasteiger partial charge on any atom is -0.341 e. The molecule has 2 aromatic carbocycles. The highest BCUT2D eigenvalue weighted by atomic mass is 16.1. The van der Waals surface area contributed by atoms with E-state index in [9.17, 15) is 9.59 Å². The van der Waals surface area contributed by atoms with Crippen molar-refractivity contribution in [3.8, 4) is 5.69 Å². The van der Waals surface area contributed by atoms with Gasteiger partial charge in [-0.3, -0.25) is 14.2 Å². The summed E-state index contributed by atoms with van der Waals surface area (Å²) in [6.45, 7) is 0. The monoisotopic (exact) mass is 329 g/mol. The van der Waals surface area contributed by atoms with Gasteiger partial charge >= 0.3 is 0 Å². The van der Waals surface area contributed by atoms with Gasteiger partial charge in [0.05, 0.1) is 10.9 Å². The number of nitrogens with zero attached hydrogens (tertiary/aromatic N) is 1. The van der Waals surface area contributed by atoms with E-state index >= 15 is 0 Å². The molecule has 0 saturated carbocycles. The Kier molecular flexibility index (Phi) is 3.67. The van der Waals surface area contributed by atoms with Crippen LogP contribution in [0.5, 0.6) is 0 Å². The Morgan fingerprint density at radius 1 is 0.840 bits per heavy atom. The fraction of sp³-hybridized carbons (Fsp3) is 0. The predicted molar refractivity (Wildman–Crippen MR) is 99.9 cm³/mol. The maximum absolute atomic E-state index is 12.5. The van der Waals surface area contributed by atoms with E-state index in [0.717, 1.165) is 11.4 Å². The molecule has 0 unspecified atom stereocenters. The summed E-state index contributed by atoms with van der Waals surface area (Å²) in [7, 11) is 0. The second kappa shape index (κ2) is 6.13. The third-order valence-electron chi connectivity index (χ3n) is 3.98. The lowest BCUT2D eigenvalue weighted by Gasteiger charge is -2.18. The normalized spacial score (nSPS) is 10.7. The molecule has 2 heterocycles. The van der Waals surface area contributed by atoms with Crippen molar-refractivity contribution in [2.24, 2.45) is 0 Å². The Balaban J connectivity index is 2.03. The van der Waals surface area contributed by atoms with Gasteiger partial charge in [0.1, 0.15) is 5.82 Å². The topological polar surface area (TPSA) is 66.9 Å². The Morgan fingerprint density at radius 2 is 1.52 bits per heavy atom. The van der Waals surface area contributed by atoms with Crippen molar-refractivity contribution >= 4 is 22.4 Å². The Morgan fingerprint density at radius 3 is 2.24 bits per heavy atom. The van der Waals surface area contributed by atoms with Crippen LogP contribution in [-0.4, -0.2) is 9.55 Å². The average molecular weight is 329 g/mol. The molecule has 0 aliphatic carbocycles. The summed E-state index contributed by atoms with van der Waals surface area (Å²) in [6.07, 6.45) is 1.57. The molecular weight excluding hydrogens is 314 g/mol. The maximum Gasteiger partial charge on any atom is 0.248 e.